The van der Waals surface area contributed by atoms with Gasteiger partial charge in [-0.15, -0.1) is 11.6 Å². The van der Waals surface area contributed by atoms with Crippen molar-refractivity contribution in [2.75, 3.05) is 5.88 Å². The van der Waals surface area contributed by atoms with E-state index in [1.165, 1.54) is 37.8 Å². The molecule has 2 rings (SSSR count). The Balaban J connectivity index is 2.30. The van der Waals surface area contributed by atoms with E-state index in [-0.39, 0.29) is 11.7 Å². The standard InChI is InChI=1S/C16H24ClNO/c1-4-16(7-5-6-8-16)11-18-12(2)9-14(13(18)3)15(19)10-17/h9H,4-8,10-11H2,1-3H3. The van der Waals surface area contributed by atoms with Gasteiger partial charge in [-0.1, -0.05) is 19.8 Å². The first-order valence-electron chi connectivity index (χ1n) is 7.29. The molecule has 0 atom stereocenters. The number of aromatic nitrogens is 1. The van der Waals surface area contributed by atoms with Crippen LogP contribution in [0.15, 0.2) is 6.07 Å². The van der Waals surface area contributed by atoms with E-state index < -0.39 is 0 Å². The van der Waals surface area contributed by atoms with Gasteiger partial charge >= 0.3 is 0 Å². The quantitative estimate of drug-likeness (QED) is 0.575. The average Bonchev–Trinajstić information content (AvgIpc) is 2.99. The summed E-state index contributed by atoms with van der Waals surface area (Å²) in [5.74, 6) is 0.112. The summed E-state index contributed by atoms with van der Waals surface area (Å²) in [5.41, 5.74) is 3.51. The highest BCUT2D eigenvalue weighted by Crippen LogP contribution is 2.43. The Morgan fingerprint density at radius 2 is 2.00 bits per heavy atom. The summed E-state index contributed by atoms with van der Waals surface area (Å²) in [7, 11) is 0. The lowest BCUT2D eigenvalue weighted by atomic mass is 9.83. The molecule has 0 aliphatic heterocycles. The van der Waals surface area contributed by atoms with Crippen LogP contribution in [0.5, 0.6) is 0 Å². The number of halogens is 1. The van der Waals surface area contributed by atoms with E-state index in [9.17, 15) is 4.79 Å². The van der Waals surface area contributed by atoms with E-state index in [1.807, 2.05) is 13.0 Å². The van der Waals surface area contributed by atoms with Crippen molar-refractivity contribution in [1.82, 2.24) is 4.57 Å². The molecule has 1 heterocycles. The smallest absolute Gasteiger partial charge is 0.179 e. The van der Waals surface area contributed by atoms with Gasteiger partial charge in [0.05, 0.1) is 5.88 Å². The molecule has 0 radical (unpaired) electrons. The molecule has 3 heteroatoms. The molecule has 1 aromatic rings. The zero-order chi connectivity index (χ0) is 14.0. The van der Waals surface area contributed by atoms with Crippen molar-refractivity contribution >= 4 is 17.4 Å². The number of rotatable bonds is 5. The van der Waals surface area contributed by atoms with E-state index in [4.69, 9.17) is 11.6 Å². The first-order valence-corrected chi connectivity index (χ1v) is 7.82. The number of alkyl halides is 1. The molecule has 2 nitrogen and oxygen atoms in total. The van der Waals surface area contributed by atoms with Gasteiger partial charge in [-0.25, -0.2) is 0 Å². The maximum atomic E-state index is 11.8. The second-order valence-electron chi connectivity index (χ2n) is 5.99. The maximum absolute atomic E-state index is 11.8. The van der Waals surface area contributed by atoms with Crippen molar-refractivity contribution in [3.05, 3.63) is 23.0 Å². The number of carbonyl (C=O) groups is 1. The minimum absolute atomic E-state index is 0.0398. The molecule has 0 unspecified atom stereocenters. The highest BCUT2D eigenvalue weighted by Gasteiger charge is 2.33. The van der Waals surface area contributed by atoms with Gasteiger partial charge in [0.2, 0.25) is 0 Å². The molecule has 1 fully saturated rings. The summed E-state index contributed by atoms with van der Waals surface area (Å²) in [4.78, 5) is 11.8. The lowest BCUT2D eigenvalue weighted by molar-refractivity contribution is 0.102. The fraction of sp³-hybridized carbons (Fsp3) is 0.688. The van der Waals surface area contributed by atoms with Crippen molar-refractivity contribution in [2.45, 2.75) is 59.4 Å². The van der Waals surface area contributed by atoms with E-state index in [2.05, 4.69) is 18.4 Å². The first-order chi connectivity index (χ1) is 9.03. The van der Waals surface area contributed by atoms with Crippen LogP contribution in [0, 0.1) is 19.3 Å². The van der Waals surface area contributed by atoms with E-state index in [1.54, 1.807) is 0 Å². The molecule has 0 amide bonds. The van der Waals surface area contributed by atoms with Gasteiger partial charge in [-0.05, 0) is 44.6 Å². The highest BCUT2D eigenvalue weighted by atomic mass is 35.5. The lowest BCUT2D eigenvalue weighted by Gasteiger charge is -2.29. The number of hydrogen-bond donors (Lipinski definition) is 0. The van der Waals surface area contributed by atoms with E-state index in [0.29, 0.717) is 5.41 Å². The number of hydrogen-bond acceptors (Lipinski definition) is 1. The molecule has 0 saturated heterocycles. The van der Waals surface area contributed by atoms with Crippen LogP contribution in [-0.4, -0.2) is 16.2 Å². The van der Waals surface area contributed by atoms with Gasteiger partial charge in [-0.3, -0.25) is 4.79 Å². The zero-order valence-corrected chi connectivity index (χ0v) is 13.0. The topological polar surface area (TPSA) is 22.0 Å². The number of Topliss-reactive ketones (excluding diaryl/α,β-unsaturated/α-hetero) is 1. The molecule has 106 valence electrons. The molecule has 0 bridgehead atoms. The van der Waals surface area contributed by atoms with Gasteiger partial charge in [0, 0.05) is 23.5 Å². The van der Waals surface area contributed by atoms with Crippen LogP contribution in [-0.2, 0) is 6.54 Å². The Morgan fingerprint density at radius 3 is 2.53 bits per heavy atom. The second-order valence-corrected chi connectivity index (χ2v) is 6.26. The summed E-state index contributed by atoms with van der Waals surface area (Å²) in [5, 5.41) is 0. The van der Waals surface area contributed by atoms with Gasteiger partial charge < -0.3 is 4.57 Å². The Labute approximate surface area is 121 Å². The third kappa shape index (κ3) is 2.74. The SMILES string of the molecule is CCC1(Cn2c(C)cc(C(=O)CCl)c2C)CCCC1. The number of carbonyl (C=O) groups excluding carboxylic acids is 1. The Hall–Kier alpha value is -0.760. The van der Waals surface area contributed by atoms with Crippen LogP contribution in [0.2, 0.25) is 0 Å². The summed E-state index contributed by atoms with van der Waals surface area (Å²) in [6.45, 7) is 7.49. The van der Waals surface area contributed by atoms with E-state index >= 15 is 0 Å². The van der Waals surface area contributed by atoms with Gasteiger partial charge in [-0.2, -0.15) is 0 Å². The number of aryl methyl sites for hydroxylation is 1. The van der Waals surface area contributed by atoms with Crippen LogP contribution < -0.4 is 0 Å². The highest BCUT2D eigenvalue weighted by molar-refractivity contribution is 6.30. The first kappa shape index (κ1) is 14.6. The summed E-state index contributed by atoms with van der Waals surface area (Å²) >= 11 is 5.69. The molecule has 1 aliphatic carbocycles. The third-order valence-electron chi connectivity index (χ3n) is 4.90. The number of nitrogens with zero attached hydrogens (tertiary/aromatic N) is 1. The fourth-order valence-electron chi connectivity index (χ4n) is 3.48. The largest absolute Gasteiger partial charge is 0.348 e. The van der Waals surface area contributed by atoms with Crippen molar-refractivity contribution in [3.63, 3.8) is 0 Å². The Bertz CT molecular complexity index is 469. The van der Waals surface area contributed by atoms with Crippen molar-refractivity contribution < 1.29 is 4.79 Å². The predicted octanol–water partition coefficient (Wildman–Crippen LogP) is 4.50. The third-order valence-corrected chi connectivity index (χ3v) is 5.15. The normalized spacial score (nSPS) is 17.9. The molecule has 19 heavy (non-hydrogen) atoms. The average molecular weight is 282 g/mol. The van der Waals surface area contributed by atoms with Gasteiger partial charge in [0.1, 0.15) is 0 Å². The molecular weight excluding hydrogens is 258 g/mol. The van der Waals surface area contributed by atoms with Crippen LogP contribution in [0.1, 0.15) is 60.8 Å². The molecule has 0 N–H and O–H groups in total. The molecular formula is C16H24ClNO. The molecule has 0 spiro atoms. The van der Waals surface area contributed by atoms with Crippen molar-refractivity contribution in [2.24, 2.45) is 5.41 Å². The van der Waals surface area contributed by atoms with Crippen molar-refractivity contribution in [3.8, 4) is 0 Å². The minimum Gasteiger partial charge on any atom is -0.348 e. The second kappa shape index (κ2) is 5.70. The predicted molar refractivity (Wildman–Crippen MR) is 80.1 cm³/mol. The fourth-order valence-corrected chi connectivity index (χ4v) is 3.63. The van der Waals surface area contributed by atoms with Gasteiger partial charge in [0.25, 0.3) is 0 Å². The van der Waals surface area contributed by atoms with Crippen molar-refractivity contribution in [1.29, 1.82) is 0 Å². The summed E-state index contributed by atoms with van der Waals surface area (Å²) in [6.07, 6.45) is 6.56. The Morgan fingerprint density at radius 1 is 1.37 bits per heavy atom. The molecule has 0 aromatic carbocycles. The maximum Gasteiger partial charge on any atom is 0.179 e. The monoisotopic (exact) mass is 281 g/mol. The Kier molecular flexibility index (Phi) is 4.39. The van der Waals surface area contributed by atoms with Crippen LogP contribution in [0.25, 0.3) is 0 Å². The molecule has 1 aromatic heterocycles. The minimum atomic E-state index is 0.0398. The van der Waals surface area contributed by atoms with Gasteiger partial charge in [0.15, 0.2) is 5.78 Å². The van der Waals surface area contributed by atoms with E-state index in [0.717, 1.165) is 17.8 Å². The lowest BCUT2D eigenvalue weighted by Crippen LogP contribution is -2.24. The summed E-state index contributed by atoms with van der Waals surface area (Å²) in [6, 6.07) is 2.00. The van der Waals surface area contributed by atoms with Crippen LogP contribution in [0.4, 0.5) is 0 Å². The van der Waals surface area contributed by atoms with Crippen LogP contribution >= 0.6 is 11.6 Å². The summed E-state index contributed by atoms with van der Waals surface area (Å²) < 4.78 is 2.33. The zero-order valence-electron chi connectivity index (χ0n) is 12.3. The number of ketones is 1. The molecule has 1 aliphatic rings. The molecule has 1 saturated carbocycles. The van der Waals surface area contributed by atoms with Crippen LogP contribution in [0.3, 0.4) is 0 Å².